The van der Waals surface area contributed by atoms with Gasteiger partial charge in [0, 0.05) is 17.6 Å². The molecule has 11 heteroatoms. The third-order valence-corrected chi connectivity index (χ3v) is 3.68. The summed E-state index contributed by atoms with van der Waals surface area (Å²) in [6, 6.07) is 7.70. The van der Waals surface area contributed by atoms with Crippen molar-refractivity contribution in [3.05, 3.63) is 59.9 Å². The van der Waals surface area contributed by atoms with Crippen LogP contribution in [0.3, 0.4) is 0 Å². The summed E-state index contributed by atoms with van der Waals surface area (Å²) >= 11 is 0. The predicted octanol–water partition coefficient (Wildman–Crippen LogP) is 4.84. The first-order valence-electron chi connectivity index (χ1n) is 7.96. The summed E-state index contributed by atoms with van der Waals surface area (Å²) in [5.74, 6) is -1.45. The number of halogens is 6. The van der Waals surface area contributed by atoms with Crippen LogP contribution in [0.5, 0.6) is 5.88 Å². The van der Waals surface area contributed by atoms with Gasteiger partial charge in [-0.3, -0.25) is 9.78 Å². The van der Waals surface area contributed by atoms with Crippen molar-refractivity contribution < 1.29 is 35.9 Å². The number of rotatable bonds is 4. The minimum atomic E-state index is -4.82. The first kappa shape index (κ1) is 20.4. The van der Waals surface area contributed by atoms with Gasteiger partial charge in [0.15, 0.2) is 6.61 Å². The molecule has 0 radical (unpaired) electrons. The van der Waals surface area contributed by atoms with Crippen LogP contribution in [0, 0.1) is 0 Å². The van der Waals surface area contributed by atoms with E-state index >= 15 is 0 Å². The van der Waals surface area contributed by atoms with Crippen molar-refractivity contribution in [1.82, 2.24) is 9.97 Å². The molecule has 1 aromatic carbocycles. The molecule has 0 aliphatic carbocycles. The lowest BCUT2D eigenvalue weighted by atomic mass is 10.0. The van der Waals surface area contributed by atoms with E-state index in [4.69, 9.17) is 0 Å². The lowest BCUT2D eigenvalue weighted by Gasteiger charge is -2.15. The topological polar surface area (TPSA) is 64.1 Å². The summed E-state index contributed by atoms with van der Waals surface area (Å²) in [6.45, 7) is -1.55. The van der Waals surface area contributed by atoms with Gasteiger partial charge in [0.1, 0.15) is 0 Å². The van der Waals surface area contributed by atoms with Crippen LogP contribution in [0.1, 0.15) is 15.9 Å². The number of nitrogens with one attached hydrogen (secondary N) is 1. The number of para-hydroxylation sites is 1. The summed E-state index contributed by atoms with van der Waals surface area (Å²) in [6.07, 6.45) is -7.59. The summed E-state index contributed by atoms with van der Waals surface area (Å²) in [5, 5.41) is 1.98. The third kappa shape index (κ3) is 4.92. The molecule has 152 valence electrons. The van der Waals surface area contributed by atoms with E-state index in [0.717, 1.165) is 24.5 Å². The Morgan fingerprint density at radius 3 is 2.31 bits per heavy atom. The van der Waals surface area contributed by atoms with Gasteiger partial charge in [0.25, 0.3) is 5.91 Å². The fraction of sp³-hybridized carbons (Fsp3) is 0.167. The number of nitrogens with zero attached hydrogens (tertiary/aromatic N) is 2. The highest BCUT2D eigenvalue weighted by Gasteiger charge is 2.37. The number of hydrogen-bond acceptors (Lipinski definition) is 4. The summed E-state index contributed by atoms with van der Waals surface area (Å²) in [5.41, 5.74) is -1.80. The summed E-state index contributed by atoms with van der Waals surface area (Å²) in [4.78, 5) is 19.9. The van der Waals surface area contributed by atoms with Crippen LogP contribution in [-0.4, -0.2) is 28.7 Å². The molecule has 0 saturated carbocycles. The quantitative estimate of drug-likeness (QED) is 0.620. The van der Waals surface area contributed by atoms with Crippen LogP contribution in [0.4, 0.5) is 32.0 Å². The highest BCUT2D eigenvalue weighted by atomic mass is 19.4. The first-order valence-corrected chi connectivity index (χ1v) is 7.96. The van der Waals surface area contributed by atoms with Gasteiger partial charge in [-0.1, -0.05) is 18.2 Å². The van der Waals surface area contributed by atoms with Crippen LogP contribution in [0.25, 0.3) is 10.9 Å². The monoisotopic (exact) mass is 415 g/mol. The number of carbonyl (C=O) groups excluding carboxylic acids is 1. The molecule has 0 aliphatic heterocycles. The molecule has 5 nitrogen and oxygen atoms in total. The van der Waals surface area contributed by atoms with Crippen LogP contribution in [0.15, 0.2) is 48.8 Å². The molecular weight excluding hydrogens is 404 g/mol. The minimum Gasteiger partial charge on any atom is -0.468 e. The van der Waals surface area contributed by atoms with E-state index < -0.39 is 36.0 Å². The van der Waals surface area contributed by atoms with E-state index in [9.17, 15) is 31.1 Å². The molecular formula is C18H11F6N3O2. The molecule has 2 heterocycles. The van der Waals surface area contributed by atoms with Crippen molar-refractivity contribution >= 4 is 22.5 Å². The number of ether oxygens (including phenoxy) is 1. The maximum atomic E-state index is 13.6. The Morgan fingerprint density at radius 1 is 0.966 bits per heavy atom. The molecule has 1 amide bonds. The van der Waals surface area contributed by atoms with E-state index in [1.54, 1.807) is 0 Å². The lowest BCUT2D eigenvalue weighted by Crippen LogP contribution is -2.20. The van der Waals surface area contributed by atoms with Gasteiger partial charge in [0.2, 0.25) is 5.88 Å². The van der Waals surface area contributed by atoms with Gasteiger partial charge >= 0.3 is 12.4 Å². The third-order valence-electron chi connectivity index (χ3n) is 3.68. The molecule has 2 aromatic heterocycles. The number of hydrogen-bond donors (Lipinski definition) is 1. The smallest absolute Gasteiger partial charge is 0.422 e. The average molecular weight is 415 g/mol. The van der Waals surface area contributed by atoms with Crippen LogP contribution in [0.2, 0.25) is 0 Å². The minimum absolute atomic E-state index is 0.0318. The van der Waals surface area contributed by atoms with E-state index in [1.165, 1.54) is 24.3 Å². The normalized spacial score (nSPS) is 12.1. The largest absolute Gasteiger partial charge is 0.468 e. The molecule has 0 unspecified atom stereocenters. The fourth-order valence-electron chi connectivity index (χ4n) is 2.51. The Balaban J connectivity index is 1.85. The maximum absolute atomic E-state index is 13.6. The number of fused-ring (bicyclic) bond motifs is 1. The second-order valence-corrected chi connectivity index (χ2v) is 5.80. The maximum Gasteiger partial charge on any atom is 0.422 e. The fourth-order valence-corrected chi connectivity index (χ4v) is 2.51. The predicted molar refractivity (Wildman–Crippen MR) is 90.5 cm³/mol. The molecule has 3 rings (SSSR count). The Bertz CT molecular complexity index is 1030. The van der Waals surface area contributed by atoms with Crippen molar-refractivity contribution in [2.45, 2.75) is 12.4 Å². The Kier molecular flexibility index (Phi) is 5.31. The van der Waals surface area contributed by atoms with Gasteiger partial charge in [-0.2, -0.15) is 26.3 Å². The standard InChI is InChI=1S/C18H11F6N3O2/c19-17(20,21)9-29-14-6-5-10(7-26-14)27-16(28)12-8-25-13-4-2-1-3-11(13)15(12)18(22,23)24/h1-8H,9H2,(H,27,28). The second-order valence-electron chi connectivity index (χ2n) is 5.80. The first-order chi connectivity index (χ1) is 13.5. The van der Waals surface area contributed by atoms with E-state index in [-0.39, 0.29) is 22.5 Å². The second kappa shape index (κ2) is 7.57. The Hall–Kier alpha value is -3.37. The lowest BCUT2D eigenvalue weighted by molar-refractivity contribution is -0.154. The molecule has 1 N–H and O–H groups in total. The Labute approximate surface area is 159 Å². The van der Waals surface area contributed by atoms with E-state index in [0.29, 0.717) is 0 Å². The molecule has 0 atom stereocenters. The number of benzene rings is 1. The van der Waals surface area contributed by atoms with Crippen LogP contribution < -0.4 is 10.1 Å². The zero-order chi connectivity index (χ0) is 21.2. The molecule has 0 bridgehead atoms. The number of pyridine rings is 2. The SMILES string of the molecule is O=C(Nc1ccc(OCC(F)(F)F)nc1)c1cnc2ccccc2c1C(F)(F)F. The van der Waals surface area contributed by atoms with Gasteiger partial charge in [0.05, 0.1) is 28.5 Å². The number of anilines is 1. The number of aromatic nitrogens is 2. The Morgan fingerprint density at radius 2 is 1.69 bits per heavy atom. The number of carbonyl (C=O) groups is 1. The molecule has 3 aromatic rings. The number of amides is 1. The zero-order valence-corrected chi connectivity index (χ0v) is 14.3. The van der Waals surface area contributed by atoms with Crippen LogP contribution >= 0.6 is 0 Å². The van der Waals surface area contributed by atoms with Crippen molar-refractivity contribution in [1.29, 1.82) is 0 Å². The van der Waals surface area contributed by atoms with E-state index in [1.807, 2.05) is 0 Å². The molecule has 29 heavy (non-hydrogen) atoms. The highest BCUT2D eigenvalue weighted by molar-refractivity contribution is 6.07. The van der Waals surface area contributed by atoms with Gasteiger partial charge in [-0.15, -0.1) is 0 Å². The van der Waals surface area contributed by atoms with Crippen molar-refractivity contribution in [3.8, 4) is 5.88 Å². The van der Waals surface area contributed by atoms with Crippen molar-refractivity contribution in [3.63, 3.8) is 0 Å². The highest BCUT2D eigenvalue weighted by Crippen LogP contribution is 2.37. The molecule has 0 saturated heterocycles. The number of alkyl halides is 6. The van der Waals surface area contributed by atoms with Gasteiger partial charge in [-0.25, -0.2) is 4.98 Å². The molecule has 0 fully saturated rings. The van der Waals surface area contributed by atoms with Gasteiger partial charge in [-0.05, 0) is 12.1 Å². The molecule has 0 spiro atoms. The van der Waals surface area contributed by atoms with Crippen molar-refractivity contribution in [2.75, 3.05) is 11.9 Å². The van der Waals surface area contributed by atoms with Crippen molar-refractivity contribution in [2.24, 2.45) is 0 Å². The summed E-state index contributed by atoms with van der Waals surface area (Å²) in [7, 11) is 0. The van der Waals surface area contributed by atoms with E-state index in [2.05, 4.69) is 20.0 Å². The van der Waals surface area contributed by atoms with Gasteiger partial charge < -0.3 is 10.1 Å². The molecule has 0 aliphatic rings. The zero-order valence-electron chi connectivity index (χ0n) is 14.3. The summed E-state index contributed by atoms with van der Waals surface area (Å²) < 4.78 is 81.5. The average Bonchev–Trinajstić information content (AvgIpc) is 2.65. The van der Waals surface area contributed by atoms with Crippen LogP contribution in [-0.2, 0) is 6.18 Å².